The first-order valence-electron chi connectivity index (χ1n) is 7.39. The van der Waals surface area contributed by atoms with Gasteiger partial charge in [0.1, 0.15) is 6.04 Å². The van der Waals surface area contributed by atoms with Crippen LogP contribution in [0.5, 0.6) is 0 Å². The zero-order chi connectivity index (χ0) is 15.4. The van der Waals surface area contributed by atoms with Crippen LogP contribution in [0.3, 0.4) is 0 Å². The maximum Gasteiger partial charge on any atom is 0.312 e. The molecule has 1 aromatic rings. The number of carbonyl (C=O) groups excluding carboxylic acids is 2. The lowest BCUT2D eigenvalue weighted by Crippen LogP contribution is -2.50. The zero-order valence-electron chi connectivity index (χ0n) is 12.6. The quantitative estimate of drug-likeness (QED) is 0.889. The minimum Gasteiger partial charge on any atom is -0.352 e. The maximum absolute atomic E-state index is 12.2. The van der Waals surface area contributed by atoms with Gasteiger partial charge >= 0.3 is 6.03 Å². The molecule has 3 amide bonds. The molecule has 0 aliphatic carbocycles. The van der Waals surface area contributed by atoms with E-state index in [0.29, 0.717) is 5.92 Å². The summed E-state index contributed by atoms with van der Waals surface area (Å²) >= 11 is 0. The fourth-order valence-electron chi connectivity index (χ4n) is 3.00. The van der Waals surface area contributed by atoms with E-state index in [0.717, 1.165) is 25.9 Å². The normalized spacial score (nSPS) is 17.3. The summed E-state index contributed by atoms with van der Waals surface area (Å²) in [6.07, 6.45) is 1.92. The van der Waals surface area contributed by atoms with Gasteiger partial charge in [-0.3, -0.25) is 4.79 Å². The average molecular weight is 289 g/mol. The molecule has 114 valence electrons. The van der Waals surface area contributed by atoms with E-state index in [1.807, 2.05) is 4.90 Å². The van der Waals surface area contributed by atoms with Crippen LogP contribution < -0.4 is 11.1 Å². The molecule has 0 bridgehead atoms. The number of likely N-dealkylation sites (tertiary alicyclic amines) is 1. The van der Waals surface area contributed by atoms with Gasteiger partial charge in [0, 0.05) is 13.1 Å². The summed E-state index contributed by atoms with van der Waals surface area (Å²) in [7, 11) is 0. The minimum absolute atomic E-state index is 0.0583. The molecule has 5 heteroatoms. The van der Waals surface area contributed by atoms with Crippen molar-refractivity contribution in [1.29, 1.82) is 0 Å². The molecule has 1 atom stereocenters. The summed E-state index contributed by atoms with van der Waals surface area (Å²) in [6, 6.07) is 7.21. The summed E-state index contributed by atoms with van der Waals surface area (Å²) in [5.74, 6) is 0.451. The molecule has 2 rings (SSSR count). The van der Waals surface area contributed by atoms with Crippen molar-refractivity contribution in [2.45, 2.75) is 38.6 Å². The number of nitrogens with zero attached hydrogens (tertiary/aromatic N) is 1. The van der Waals surface area contributed by atoms with Gasteiger partial charge in [-0.05, 0) is 43.7 Å². The molecule has 0 spiro atoms. The van der Waals surface area contributed by atoms with Gasteiger partial charge in [0.05, 0.1) is 0 Å². The Labute approximate surface area is 125 Å². The molecule has 0 unspecified atom stereocenters. The lowest BCUT2D eigenvalue weighted by molar-refractivity contribution is -0.133. The number of carbonyl (C=O) groups is 2. The number of hydrogen-bond acceptors (Lipinski definition) is 2. The van der Waals surface area contributed by atoms with E-state index < -0.39 is 12.1 Å². The Morgan fingerprint density at radius 2 is 1.90 bits per heavy atom. The average Bonchev–Trinajstić information content (AvgIpc) is 2.46. The molecule has 0 saturated carbocycles. The zero-order valence-corrected chi connectivity index (χ0v) is 12.6. The van der Waals surface area contributed by atoms with E-state index in [1.54, 1.807) is 6.92 Å². The fraction of sp³-hybridized carbons (Fsp3) is 0.500. The molecule has 1 fully saturated rings. The van der Waals surface area contributed by atoms with E-state index in [9.17, 15) is 9.59 Å². The molecule has 5 nitrogen and oxygen atoms in total. The highest BCUT2D eigenvalue weighted by Crippen LogP contribution is 2.30. The Bertz CT molecular complexity index is 522. The number of piperidine rings is 1. The Morgan fingerprint density at radius 1 is 1.29 bits per heavy atom. The molecule has 0 aromatic heterocycles. The number of primary amides is 1. The van der Waals surface area contributed by atoms with Crippen molar-refractivity contribution in [3.63, 3.8) is 0 Å². The maximum atomic E-state index is 12.2. The van der Waals surface area contributed by atoms with E-state index in [4.69, 9.17) is 5.73 Å². The number of aryl methyl sites for hydroxylation is 1. The predicted octanol–water partition coefficient (Wildman–Crippen LogP) is 1.76. The first-order valence-corrected chi connectivity index (χ1v) is 7.39. The third-order valence-corrected chi connectivity index (χ3v) is 4.16. The predicted molar refractivity (Wildman–Crippen MR) is 81.9 cm³/mol. The van der Waals surface area contributed by atoms with Crippen molar-refractivity contribution in [3.05, 3.63) is 35.4 Å². The second-order valence-electron chi connectivity index (χ2n) is 5.69. The van der Waals surface area contributed by atoms with E-state index >= 15 is 0 Å². The van der Waals surface area contributed by atoms with Gasteiger partial charge in [0.25, 0.3) is 0 Å². The number of nitrogens with two attached hydrogens (primary N) is 1. The van der Waals surface area contributed by atoms with Crippen LogP contribution in [0.25, 0.3) is 0 Å². The number of hydrogen-bond donors (Lipinski definition) is 2. The first-order chi connectivity index (χ1) is 9.99. The van der Waals surface area contributed by atoms with Gasteiger partial charge in [-0.15, -0.1) is 0 Å². The SMILES string of the molecule is Cc1ccccc1C1CCN(C(=O)[C@@H](C)NC(N)=O)CC1. The van der Waals surface area contributed by atoms with Gasteiger partial charge in [-0.2, -0.15) is 0 Å². The monoisotopic (exact) mass is 289 g/mol. The van der Waals surface area contributed by atoms with Crippen LogP contribution in [0.1, 0.15) is 36.8 Å². The standard InChI is InChI=1S/C16H23N3O2/c1-11-5-3-4-6-14(11)13-7-9-19(10-8-13)15(20)12(2)18-16(17)21/h3-6,12-13H,7-10H2,1-2H3,(H3,17,18,21)/t12-/m1/s1. The second kappa shape index (κ2) is 6.61. The molecule has 21 heavy (non-hydrogen) atoms. The number of nitrogens with one attached hydrogen (secondary N) is 1. The summed E-state index contributed by atoms with van der Waals surface area (Å²) in [4.78, 5) is 24.8. The Hall–Kier alpha value is -2.04. The summed E-state index contributed by atoms with van der Waals surface area (Å²) in [5.41, 5.74) is 7.75. The van der Waals surface area contributed by atoms with Crippen LogP contribution in [0.15, 0.2) is 24.3 Å². The van der Waals surface area contributed by atoms with Crippen LogP contribution in [0.2, 0.25) is 0 Å². The lowest BCUT2D eigenvalue weighted by atomic mass is 9.87. The lowest BCUT2D eigenvalue weighted by Gasteiger charge is -2.34. The van der Waals surface area contributed by atoms with Gasteiger partial charge in [-0.1, -0.05) is 24.3 Å². The van der Waals surface area contributed by atoms with Crippen LogP contribution in [0, 0.1) is 6.92 Å². The largest absolute Gasteiger partial charge is 0.352 e. The van der Waals surface area contributed by atoms with Crippen LogP contribution in [-0.4, -0.2) is 36.0 Å². The number of amides is 3. The molecule has 1 aliphatic heterocycles. The molecule has 3 N–H and O–H groups in total. The van der Waals surface area contributed by atoms with Gasteiger partial charge in [-0.25, -0.2) is 4.79 Å². The number of benzene rings is 1. The molecule has 1 aliphatic rings. The summed E-state index contributed by atoms with van der Waals surface area (Å²) in [5, 5.41) is 2.44. The molecular formula is C16H23N3O2. The van der Waals surface area contributed by atoms with Crippen molar-refractivity contribution < 1.29 is 9.59 Å². The highest BCUT2D eigenvalue weighted by Gasteiger charge is 2.27. The van der Waals surface area contributed by atoms with Gasteiger partial charge in [0.15, 0.2) is 0 Å². The fourth-order valence-corrected chi connectivity index (χ4v) is 3.00. The van der Waals surface area contributed by atoms with Crippen LogP contribution in [0.4, 0.5) is 4.79 Å². The highest BCUT2D eigenvalue weighted by molar-refractivity contribution is 5.86. The molecule has 1 saturated heterocycles. The van der Waals surface area contributed by atoms with Gasteiger partial charge < -0.3 is 16.0 Å². The van der Waals surface area contributed by atoms with Crippen molar-refractivity contribution >= 4 is 11.9 Å². The molecule has 0 radical (unpaired) electrons. The summed E-state index contributed by atoms with van der Waals surface area (Å²) in [6.45, 7) is 5.25. The third kappa shape index (κ3) is 3.74. The van der Waals surface area contributed by atoms with E-state index in [-0.39, 0.29) is 5.91 Å². The smallest absolute Gasteiger partial charge is 0.312 e. The van der Waals surface area contributed by atoms with E-state index in [2.05, 4.69) is 36.5 Å². The topological polar surface area (TPSA) is 75.4 Å². The second-order valence-corrected chi connectivity index (χ2v) is 5.69. The summed E-state index contributed by atoms with van der Waals surface area (Å²) < 4.78 is 0. The third-order valence-electron chi connectivity index (χ3n) is 4.16. The van der Waals surface area contributed by atoms with Crippen molar-refractivity contribution in [2.24, 2.45) is 5.73 Å². The van der Waals surface area contributed by atoms with Crippen molar-refractivity contribution in [1.82, 2.24) is 10.2 Å². The van der Waals surface area contributed by atoms with Gasteiger partial charge in [0.2, 0.25) is 5.91 Å². The molecule has 1 aromatic carbocycles. The highest BCUT2D eigenvalue weighted by atomic mass is 16.2. The van der Waals surface area contributed by atoms with Crippen LogP contribution in [-0.2, 0) is 4.79 Å². The first kappa shape index (κ1) is 15.4. The van der Waals surface area contributed by atoms with Crippen molar-refractivity contribution in [2.75, 3.05) is 13.1 Å². The number of rotatable bonds is 3. The Balaban J connectivity index is 1.93. The minimum atomic E-state index is -0.661. The Morgan fingerprint density at radius 3 is 2.48 bits per heavy atom. The molecular weight excluding hydrogens is 266 g/mol. The van der Waals surface area contributed by atoms with Crippen molar-refractivity contribution in [3.8, 4) is 0 Å². The van der Waals surface area contributed by atoms with Crippen LogP contribution >= 0.6 is 0 Å². The van der Waals surface area contributed by atoms with E-state index in [1.165, 1.54) is 11.1 Å². The molecule has 1 heterocycles. The Kier molecular flexibility index (Phi) is 4.83. The number of urea groups is 1.